The van der Waals surface area contributed by atoms with Gasteiger partial charge < -0.3 is 10.1 Å². The van der Waals surface area contributed by atoms with Gasteiger partial charge in [-0.3, -0.25) is 0 Å². The molecule has 0 radical (unpaired) electrons. The number of aromatic nitrogens is 1. The van der Waals surface area contributed by atoms with Gasteiger partial charge in [0.05, 0.1) is 16.8 Å². The third kappa shape index (κ3) is 5.21. The second-order valence-electron chi connectivity index (χ2n) is 4.90. The number of likely N-dealkylation sites (N-methyl/N-ethyl adjacent to an activating group) is 1. The van der Waals surface area contributed by atoms with Crippen LogP contribution in [0.3, 0.4) is 0 Å². The summed E-state index contributed by atoms with van der Waals surface area (Å²) in [4.78, 5) is 5.99. The maximum absolute atomic E-state index is 5.92. The standard InChI is InChI=1S/C15H28N2OS/c1-6-9-14(18-8-3)13(16-7-2)10-15-17-11(4)12(5)19-15/h13-14,16H,6-10H2,1-5H3. The molecular formula is C15H28N2OS. The Balaban J connectivity index is 2.74. The van der Waals surface area contributed by atoms with E-state index in [9.17, 15) is 0 Å². The second-order valence-corrected chi connectivity index (χ2v) is 6.19. The lowest BCUT2D eigenvalue weighted by Gasteiger charge is -2.27. The fourth-order valence-electron chi connectivity index (χ4n) is 2.31. The van der Waals surface area contributed by atoms with Gasteiger partial charge in [0, 0.05) is 23.9 Å². The summed E-state index contributed by atoms with van der Waals surface area (Å²) in [6, 6.07) is 0.370. The summed E-state index contributed by atoms with van der Waals surface area (Å²) in [7, 11) is 0. The molecule has 0 aliphatic rings. The molecule has 1 rings (SSSR count). The molecule has 3 nitrogen and oxygen atoms in total. The van der Waals surface area contributed by atoms with Crippen LogP contribution in [0.2, 0.25) is 0 Å². The van der Waals surface area contributed by atoms with Gasteiger partial charge >= 0.3 is 0 Å². The molecule has 0 saturated heterocycles. The first-order chi connectivity index (χ1) is 9.12. The molecule has 1 aromatic heterocycles. The van der Waals surface area contributed by atoms with Crippen molar-refractivity contribution in [1.29, 1.82) is 0 Å². The van der Waals surface area contributed by atoms with Crippen molar-refractivity contribution >= 4 is 11.3 Å². The molecule has 19 heavy (non-hydrogen) atoms. The quantitative estimate of drug-likeness (QED) is 0.754. The Bertz CT molecular complexity index is 340. The number of aryl methyl sites for hydroxylation is 2. The normalized spacial score (nSPS) is 14.6. The van der Waals surface area contributed by atoms with Crippen molar-refractivity contribution in [2.24, 2.45) is 0 Å². The van der Waals surface area contributed by atoms with Crippen molar-refractivity contribution in [2.75, 3.05) is 13.2 Å². The van der Waals surface area contributed by atoms with Crippen LogP contribution < -0.4 is 5.32 Å². The smallest absolute Gasteiger partial charge is 0.0947 e. The van der Waals surface area contributed by atoms with Crippen LogP contribution in [0.4, 0.5) is 0 Å². The van der Waals surface area contributed by atoms with Crippen molar-refractivity contribution in [2.45, 2.75) is 66.0 Å². The molecule has 110 valence electrons. The molecule has 0 spiro atoms. The summed E-state index contributed by atoms with van der Waals surface area (Å²) < 4.78 is 5.92. The molecule has 0 aliphatic heterocycles. The van der Waals surface area contributed by atoms with Crippen molar-refractivity contribution in [3.8, 4) is 0 Å². The Morgan fingerprint density at radius 2 is 2.00 bits per heavy atom. The van der Waals surface area contributed by atoms with Gasteiger partial charge in [-0.1, -0.05) is 20.3 Å². The van der Waals surface area contributed by atoms with Crippen LogP contribution >= 0.6 is 11.3 Å². The monoisotopic (exact) mass is 284 g/mol. The molecule has 0 fully saturated rings. The van der Waals surface area contributed by atoms with E-state index in [0.29, 0.717) is 12.1 Å². The summed E-state index contributed by atoms with van der Waals surface area (Å²) in [5.41, 5.74) is 1.17. The van der Waals surface area contributed by atoms with E-state index in [1.165, 1.54) is 15.6 Å². The van der Waals surface area contributed by atoms with E-state index in [-0.39, 0.29) is 0 Å². The van der Waals surface area contributed by atoms with Crippen molar-refractivity contribution in [3.63, 3.8) is 0 Å². The van der Waals surface area contributed by atoms with Crippen LogP contribution in [-0.2, 0) is 11.2 Å². The molecule has 1 N–H and O–H groups in total. The molecule has 4 heteroatoms. The molecule has 0 saturated carbocycles. The molecule has 1 heterocycles. The van der Waals surface area contributed by atoms with Crippen molar-refractivity contribution in [1.82, 2.24) is 10.3 Å². The summed E-state index contributed by atoms with van der Waals surface area (Å²) in [6.45, 7) is 12.4. The van der Waals surface area contributed by atoms with Gasteiger partial charge in [-0.2, -0.15) is 0 Å². The van der Waals surface area contributed by atoms with Crippen LogP contribution in [0.5, 0.6) is 0 Å². The fraction of sp³-hybridized carbons (Fsp3) is 0.800. The molecule has 1 aromatic rings. The second kappa shape index (κ2) is 8.67. The summed E-state index contributed by atoms with van der Waals surface area (Å²) >= 11 is 1.82. The third-order valence-corrected chi connectivity index (χ3v) is 4.43. The zero-order valence-corrected chi connectivity index (χ0v) is 13.8. The van der Waals surface area contributed by atoms with Gasteiger partial charge in [0.25, 0.3) is 0 Å². The first-order valence-electron chi connectivity index (χ1n) is 7.40. The predicted molar refractivity (Wildman–Crippen MR) is 83.1 cm³/mol. The zero-order chi connectivity index (χ0) is 14.3. The van der Waals surface area contributed by atoms with Crippen LogP contribution in [0.15, 0.2) is 0 Å². The SMILES string of the molecule is CCCC(OCC)C(Cc1nc(C)c(C)s1)NCC. The lowest BCUT2D eigenvalue weighted by molar-refractivity contribution is 0.0285. The van der Waals surface area contributed by atoms with E-state index >= 15 is 0 Å². The van der Waals surface area contributed by atoms with Crippen molar-refractivity contribution in [3.05, 3.63) is 15.6 Å². The molecule has 0 bridgehead atoms. The third-order valence-electron chi connectivity index (χ3n) is 3.34. The predicted octanol–water partition coefficient (Wildman–Crippen LogP) is 3.49. The molecule has 0 amide bonds. The number of rotatable bonds is 9. The van der Waals surface area contributed by atoms with Crippen LogP contribution in [0.1, 0.15) is 49.2 Å². The van der Waals surface area contributed by atoms with Crippen LogP contribution in [-0.4, -0.2) is 30.3 Å². The Morgan fingerprint density at radius 3 is 2.47 bits per heavy atom. The minimum absolute atomic E-state index is 0.291. The maximum Gasteiger partial charge on any atom is 0.0947 e. The number of nitrogens with zero attached hydrogens (tertiary/aromatic N) is 1. The molecule has 0 aromatic carbocycles. The number of nitrogens with one attached hydrogen (secondary N) is 1. The van der Waals surface area contributed by atoms with E-state index in [0.717, 1.165) is 32.4 Å². The summed E-state index contributed by atoms with van der Waals surface area (Å²) in [5, 5.41) is 4.80. The van der Waals surface area contributed by atoms with E-state index in [1.807, 2.05) is 11.3 Å². The van der Waals surface area contributed by atoms with Gasteiger partial charge in [-0.25, -0.2) is 4.98 Å². The Morgan fingerprint density at radius 1 is 1.26 bits per heavy atom. The lowest BCUT2D eigenvalue weighted by atomic mass is 10.0. The Hall–Kier alpha value is -0.450. The number of ether oxygens (including phenoxy) is 1. The largest absolute Gasteiger partial charge is 0.377 e. The van der Waals surface area contributed by atoms with E-state index in [1.54, 1.807) is 0 Å². The highest BCUT2D eigenvalue weighted by atomic mass is 32.1. The fourth-order valence-corrected chi connectivity index (χ4v) is 3.30. The van der Waals surface area contributed by atoms with Gasteiger partial charge in [0.2, 0.25) is 0 Å². The minimum atomic E-state index is 0.291. The average Bonchev–Trinajstić information content (AvgIpc) is 2.68. The van der Waals surface area contributed by atoms with E-state index in [2.05, 4.69) is 44.9 Å². The number of hydrogen-bond donors (Lipinski definition) is 1. The molecular weight excluding hydrogens is 256 g/mol. The van der Waals surface area contributed by atoms with Gasteiger partial charge in [-0.05, 0) is 33.7 Å². The number of thiazole rings is 1. The van der Waals surface area contributed by atoms with Crippen LogP contribution in [0.25, 0.3) is 0 Å². The summed E-state index contributed by atoms with van der Waals surface area (Å²) in [5.74, 6) is 0. The van der Waals surface area contributed by atoms with Gasteiger partial charge in [-0.15, -0.1) is 11.3 Å². The highest BCUT2D eigenvalue weighted by Gasteiger charge is 2.22. The first kappa shape index (κ1) is 16.6. The van der Waals surface area contributed by atoms with E-state index < -0.39 is 0 Å². The highest BCUT2D eigenvalue weighted by molar-refractivity contribution is 7.11. The summed E-state index contributed by atoms with van der Waals surface area (Å²) in [6.07, 6.45) is 3.52. The average molecular weight is 284 g/mol. The van der Waals surface area contributed by atoms with Gasteiger partial charge in [0.1, 0.15) is 0 Å². The molecule has 2 unspecified atom stereocenters. The molecule has 2 atom stereocenters. The Labute approximate surface area is 121 Å². The molecule has 0 aliphatic carbocycles. The lowest BCUT2D eigenvalue weighted by Crippen LogP contribution is -2.43. The zero-order valence-electron chi connectivity index (χ0n) is 13.0. The minimum Gasteiger partial charge on any atom is -0.377 e. The maximum atomic E-state index is 5.92. The highest BCUT2D eigenvalue weighted by Crippen LogP contribution is 2.20. The first-order valence-corrected chi connectivity index (χ1v) is 8.21. The van der Waals surface area contributed by atoms with Crippen LogP contribution in [0, 0.1) is 13.8 Å². The van der Waals surface area contributed by atoms with Crippen molar-refractivity contribution < 1.29 is 4.74 Å². The Kier molecular flexibility index (Phi) is 7.57. The topological polar surface area (TPSA) is 34.1 Å². The van der Waals surface area contributed by atoms with E-state index in [4.69, 9.17) is 4.74 Å². The van der Waals surface area contributed by atoms with Gasteiger partial charge in [0.15, 0.2) is 0 Å². The number of hydrogen-bond acceptors (Lipinski definition) is 4.